The van der Waals surface area contributed by atoms with Gasteiger partial charge in [0, 0.05) is 34.0 Å². The Morgan fingerprint density at radius 3 is 2.61 bits per heavy atom. The Morgan fingerprint density at radius 2 is 1.97 bits per heavy atom. The highest BCUT2D eigenvalue weighted by Gasteiger charge is 2.41. The van der Waals surface area contributed by atoms with Gasteiger partial charge in [0.1, 0.15) is 5.69 Å². The van der Waals surface area contributed by atoms with Gasteiger partial charge in [-0.05, 0) is 63.3 Å². The molecule has 5 N–H and O–H groups in total. The Balaban J connectivity index is 1.52. The number of hydrogen-bond acceptors (Lipinski definition) is 5. The molecule has 0 aliphatic heterocycles. The maximum Gasteiger partial charge on any atom is 0.354 e. The Bertz CT molecular complexity index is 1320. The second-order valence-corrected chi connectivity index (χ2v) is 9.78. The van der Waals surface area contributed by atoms with Crippen LogP contribution in [0.5, 0.6) is 0 Å². The smallest absolute Gasteiger partial charge is 0.354 e. The van der Waals surface area contributed by atoms with Gasteiger partial charge in [0.05, 0.1) is 23.5 Å². The minimum atomic E-state index is -0.955. The molecule has 1 saturated carbocycles. The van der Waals surface area contributed by atoms with Crippen molar-refractivity contribution in [1.82, 2.24) is 14.8 Å². The number of carbonyl (C=O) groups is 1. The summed E-state index contributed by atoms with van der Waals surface area (Å²) in [5.74, 6) is 5.17. The van der Waals surface area contributed by atoms with Gasteiger partial charge < -0.3 is 16.6 Å². The second-order valence-electron chi connectivity index (χ2n) is 9.78. The van der Waals surface area contributed by atoms with E-state index in [4.69, 9.17) is 16.6 Å². The molecule has 0 saturated heterocycles. The topological polar surface area (TPSA) is 120 Å². The van der Waals surface area contributed by atoms with Crippen LogP contribution in [0.25, 0.3) is 22.5 Å². The van der Waals surface area contributed by atoms with E-state index in [1.54, 1.807) is 4.68 Å². The molecular formula is C26H27N5O2. The van der Waals surface area contributed by atoms with Gasteiger partial charge in [0.2, 0.25) is 0 Å². The molecule has 1 fully saturated rings. The van der Waals surface area contributed by atoms with Crippen LogP contribution in [-0.4, -0.2) is 36.9 Å². The summed E-state index contributed by atoms with van der Waals surface area (Å²) >= 11 is 0. The number of carboxylic acid groups (broad SMARTS) is 1. The predicted molar refractivity (Wildman–Crippen MR) is 127 cm³/mol. The molecule has 0 amide bonds. The van der Waals surface area contributed by atoms with Crippen molar-refractivity contribution < 1.29 is 9.90 Å². The molecule has 3 aromatic rings. The van der Waals surface area contributed by atoms with Crippen LogP contribution in [0.15, 0.2) is 36.5 Å². The largest absolute Gasteiger partial charge is 0.477 e. The zero-order valence-electron chi connectivity index (χ0n) is 18.9. The van der Waals surface area contributed by atoms with Crippen LogP contribution in [0.2, 0.25) is 0 Å². The molecule has 2 aliphatic carbocycles. The normalized spacial score (nSPS) is 15.8. The zero-order valence-corrected chi connectivity index (χ0v) is 18.9. The Labute approximate surface area is 192 Å². The van der Waals surface area contributed by atoms with Crippen LogP contribution in [0.3, 0.4) is 0 Å². The summed E-state index contributed by atoms with van der Waals surface area (Å²) in [7, 11) is 0. The molecule has 2 heterocycles. The third kappa shape index (κ3) is 4.28. The molecule has 0 radical (unpaired) electrons. The summed E-state index contributed by atoms with van der Waals surface area (Å²) in [6.07, 6.45) is 5.03. The average Bonchev–Trinajstić information content (AvgIpc) is 3.37. The maximum atomic E-state index is 12.1. The number of aromatic carboxylic acids is 1. The second kappa shape index (κ2) is 7.55. The first-order chi connectivity index (χ1) is 15.6. The number of benzene rings is 1. The van der Waals surface area contributed by atoms with Gasteiger partial charge in [-0.2, -0.15) is 5.10 Å². The third-order valence-electron chi connectivity index (χ3n) is 6.21. The van der Waals surface area contributed by atoms with Crippen molar-refractivity contribution in [3.63, 3.8) is 0 Å². The van der Waals surface area contributed by atoms with Gasteiger partial charge in [0.15, 0.2) is 0 Å². The van der Waals surface area contributed by atoms with Crippen molar-refractivity contribution in [1.29, 1.82) is 0 Å². The third-order valence-corrected chi connectivity index (χ3v) is 6.21. The number of rotatable bonds is 4. The van der Waals surface area contributed by atoms with Crippen LogP contribution in [0.1, 0.15) is 53.9 Å². The first-order valence-corrected chi connectivity index (χ1v) is 11.2. The van der Waals surface area contributed by atoms with Crippen molar-refractivity contribution in [3.05, 3.63) is 58.9 Å². The molecule has 7 heteroatoms. The van der Waals surface area contributed by atoms with E-state index in [0.717, 1.165) is 58.5 Å². The highest BCUT2D eigenvalue weighted by Crippen LogP contribution is 2.39. The molecule has 0 atom stereocenters. The lowest BCUT2D eigenvalue weighted by atomic mass is 9.89. The number of hydrogen-bond donors (Lipinski definition) is 3. The zero-order chi connectivity index (χ0) is 23.4. The van der Waals surface area contributed by atoms with Crippen molar-refractivity contribution >= 4 is 5.97 Å². The number of pyridine rings is 1. The van der Waals surface area contributed by atoms with Gasteiger partial charge in [-0.25, -0.2) is 4.79 Å². The molecule has 33 heavy (non-hydrogen) atoms. The first-order valence-electron chi connectivity index (χ1n) is 11.2. The summed E-state index contributed by atoms with van der Waals surface area (Å²) in [5, 5.41) is 14.6. The molecule has 168 valence electrons. The number of aromatic nitrogens is 3. The fourth-order valence-electron chi connectivity index (χ4n) is 4.20. The summed E-state index contributed by atoms with van der Waals surface area (Å²) in [4.78, 5) is 16.7. The average molecular weight is 442 g/mol. The van der Waals surface area contributed by atoms with E-state index < -0.39 is 11.5 Å². The number of nitrogens with zero attached hydrogens (tertiary/aromatic N) is 3. The van der Waals surface area contributed by atoms with Crippen LogP contribution >= 0.6 is 0 Å². The van der Waals surface area contributed by atoms with Crippen molar-refractivity contribution in [3.8, 4) is 34.4 Å². The molecule has 0 unspecified atom stereocenters. The Kier molecular flexibility index (Phi) is 4.89. The Hall–Kier alpha value is -3.47. The molecule has 0 bridgehead atoms. The van der Waals surface area contributed by atoms with E-state index in [9.17, 15) is 9.90 Å². The van der Waals surface area contributed by atoms with Crippen molar-refractivity contribution in [2.45, 2.75) is 57.2 Å². The van der Waals surface area contributed by atoms with Gasteiger partial charge in [-0.15, -0.1) is 0 Å². The van der Waals surface area contributed by atoms with Crippen LogP contribution in [0, 0.1) is 11.8 Å². The SMILES string of the molecule is CC(C)(N)C#Cc1ccc(-c2cc3c(cn2)CCc2c-3nn(CC3(N)CC3)c2C(=O)O)cc1. The van der Waals surface area contributed by atoms with Crippen LogP contribution < -0.4 is 11.5 Å². The summed E-state index contributed by atoms with van der Waals surface area (Å²) < 4.78 is 1.60. The minimum Gasteiger partial charge on any atom is -0.477 e. The summed E-state index contributed by atoms with van der Waals surface area (Å²) in [6.45, 7) is 4.17. The summed E-state index contributed by atoms with van der Waals surface area (Å²) in [5.41, 5.74) is 17.8. The highest BCUT2D eigenvalue weighted by atomic mass is 16.4. The van der Waals surface area contributed by atoms with Crippen LogP contribution in [0.4, 0.5) is 0 Å². The number of nitrogens with two attached hydrogens (primary N) is 2. The van der Waals surface area contributed by atoms with E-state index >= 15 is 0 Å². The van der Waals surface area contributed by atoms with Crippen molar-refractivity contribution in [2.75, 3.05) is 0 Å². The molecular weight excluding hydrogens is 414 g/mol. The molecule has 5 rings (SSSR count). The minimum absolute atomic E-state index is 0.261. The van der Waals surface area contributed by atoms with E-state index in [0.29, 0.717) is 13.0 Å². The predicted octanol–water partition coefficient (Wildman–Crippen LogP) is 2.99. The molecule has 1 aromatic carbocycles. The van der Waals surface area contributed by atoms with Gasteiger partial charge in [0.25, 0.3) is 0 Å². The quantitative estimate of drug-likeness (QED) is 0.536. The fraction of sp³-hybridized carbons (Fsp3) is 0.346. The summed E-state index contributed by atoms with van der Waals surface area (Å²) in [6, 6.07) is 9.88. The standard InChI is InChI=1S/C26H27N5O2/c1-25(2,27)10-9-16-3-5-17(6-4-16)21-13-20-18(14-29-21)7-8-19-22(20)30-31(23(19)24(32)33)15-26(28)11-12-26/h3-6,13-14H,7-8,11-12,15,27-28H2,1-2H3,(H,32,33). The van der Waals surface area contributed by atoms with E-state index in [2.05, 4.69) is 16.8 Å². The van der Waals surface area contributed by atoms with Crippen LogP contribution in [-0.2, 0) is 19.4 Å². The molecule has 2 aromatic heterocycles. The van der Waals surface area contributed by atoms with E-state index in [-0.39, 0.29) is 11.2 Å². The number of fused-ring (bicyclic) bond motifs is 3. The van der Waals surface area contributed by atoms with Gasteiger partial charge >= 0.3 is 5.97 Å². The van der Waals surface area contributed by atoms with E-state index in [1.807, 2.05) is 50.4 Å². The number of aryl methyl sites for hydroxylation is 1. The molecule has 0 spiro atoms. The maximum absolute atomic E-state index is 12.1. The molecule has 7 nitrogen and oxygen atoms in total. The van der Waals surface area contributed by atoms with Crippen molar-refractivity contribution in [2.24, 2.45) is 11.5 Å². The first kappa shape index (κ1) is 21.4. The lowest BCUT2D eigenvalue weighted by molar-refractivity contribution is 0.0681. The van der Waals surface area contributed by atoms with Gasteiger partial charge in [-0.3, -0.25) is 9.67 Å². The van der Waals surface area contributed by atoms with E-state index in [1.165, 1.54) is 0 Å². The lowest BCUT2D eigenvalue weighted by Crippen LogP contribution is -2.30. The van der Waals surface area contributed by atoms with Gasteiger partial charge in [-0.1, -0.05) is 24.0 Å². The highest BCUT2D eigenvalue weighted by molar-refractivity contribution is 5.91. The fourth-order valence-corrected chi connectivity index (χ4v) is 4.20. The Morgan fingerprint density at radius 1 is 1.24 bits per heavy atom. The lowest BCUT2D eigenvalue weighted by Gasteiger charge is -2.16. The number of carboxylic acids is 1. The monoisotopic (exact) mass is 441 g/mol. The molecule has 2 aliphatic rings.